The van der Waals surface area contributed by atoms with Crippen molar-refractivity contribution < 1.29 is 66.4 Å². The van der Waals surface area contributed by atoms with Gasteiger partial charge in [0, 0.05) is 12.1 Å². The molecule has 0 radical (unpaired) electrons. The Morgan fingerprint density at radius 2 is 1.88 bits per heavy atom. The van der Waals surface area contributed by atoms with Crippen LogP contribution in [-0.4, -0.2) is 61.4 Å². The maximum absolute atomic E-state index is 13.2. The summed E-state index contributed by atoms with van der Waals surface area (Å²) in [6, 6.07) is 2.41. The number of hydrogen-bond acceptors (Lipinski definition) is 9. The summed E-state index contributed by atoms with van der Waals surface area (Å²) in [4.78, 5) is 16.1. The Morgan fingerprint density at radius 3 is 2.30 bits per heavy atom. The molecular formula is C17H24F6N3O7+. The van der Waals surface area contributed by atoms with Crippen LogP contribution in [0.25, 0.3) is 6.08 Å². The van der Waals surface area contributed by atoms with Gasteiger partial charge in [0.1, 0.15) is 11.5 Å². The summed E-state index contributed by atoms with van der Waals surface area (Å²) in [5.74, 6) is 4.45. The van der Waals surface area contributed by atoms with Crippen molar-refractivity contribution in [2.24, 2.45) is 5.90 Å². The van der Waals surface area contributed by atoms with Crippen molar-refractivity contribution in [3.8, 4) is 11.5 Å². The number of esters is 1. The molecule has 2 atom stereocenters. The maximum atomic E-state index is 13.2. The Morgan fingerprint density at radius 1 is 1.27 bits per heavy atom. The normalized spacial score (nSPS) is 15.9. The van der Waals surface area contributed by atoms with Gasteiger partial charge in [-0.3, -0.25) is 4.84 Å². The second-order valence-corrected chi connectivity index (χ2v) is 5.82. The summed E-state index contributed by atoms with van der Waals surface area (Å²) in [7, 11) is 1.80. The predicted octanol–water partition coefficient (Wildman–Crippen LogP) is 0.887. The molecule has 1 aliphatic rings. The lowest BCUT2D eigenvalue weighted by Gasteiger charge is -2.28. The lowest BCUT2D eigenvalue weighted by atomic mass is 10.0. The van der Waals surface area contributed by atoms with E-state index in [-0.39, 0.29) is 17.9 Å². The van der Waals surface area contributed by atoms with E-state index in [1.807, 2.05) is 0 Å². The van der Waals surface area contributed by atoms with Gasteiger partial charge in [0.05, 0.1) is 12.2 Å². The summed E-state index contributed by atoms with van der Waals surface area (Å²) in [5, 5.41) is 17.5. The number of ether oxygens (including phenoxy) is 3. The second kappa shape index (κ2) is 13.8. The molecule has 1 heterocycles. The smallest absolute Gasteiger partial charge is 0.475 e. The highest BCUT2D eigenvalue weighted by molar-refractivity contribution is 5.96. The molecule has 16 heteroatoms. The highest BCUT2D eigenvalue weighted by Crippen LogP contribution is 2.39. The third-order valence-corrected chi connectivity index (χ3v) is 3.41. The van der Waals surface area contributed by atoms with Gasteiger partial charge in [0.2, 0.25) is 12.4 Å². The summed E-state index contributed by atoms with van der Waals surface area (Å²) in [5.41, 5.74) is -1.22. The average molecular weight is 496 g/mol. The fraction of sp³-hybridized carbons (Fsp3) is 0.471. The van der Waals surface area contributed by atoms with Crippen LogP contribution in [0.15, 0.2) is 23.8 Å². The summed E-state index contributed by atoms with van der Waals surface area (Å²) >= 11 is 0. The van der Waals surface area contributed by atoms with Gasteiger partial charge in [-0.2, -0.15) is 13.2 Å². The molecule has 0 bridgehead atoms. The van der Waals surface area contributed by atoms with Crippen LogP contribution >= 0.6 is 0 Å². The van der Waals surface area contributed by atoms with Crippen molar-refractivity contribution in [3.05, 3.63) is 29.3 Å². The molecule has 0 aromatic heterocycles. The first-order chi connectivity index (χ1) is 15.3. The molecule has 2 rings (SSSR count). The van der Waals surface area contributed by atoms with Crippen molar-refractivity contribution in [1.82, 2.24) is 5.32 Å². The largest absolute Gasteiger partial charge is 0.573 e. The molecule has 0 spiro atoms. The summed E-state index contributed by atoms with van der Waals surface area (Å²) < 4.78 is 89.2. The van der Waals surface area contributed by atoms with Crippen LogP contribution in [0.5, 0.6) is 11.5 Å². The number of alkyl halides is 6. The molecule has 2 unspecified atom stereocenters. The molecule has 0 aliphatic carbocycles. The van der Waals surface area contributed by atoms with E-state index in [4.69, 9.17) is 20.9 Å². The topological polar surface area (TPSA) is 160 Å². The van der Waals surface area contributed by atoms with Gasteiger partial charge in [-0.25, -0.2) is 21.8 Å². The number of fused-ring (bicyclic) bond motifs is 1. The number of nitrogens with two attached hydrogens (primary N) is 1. The van der Waals surface area contributed by atoms with Crippen molar-refractivity contribution in [1.29, 1.82) is 0 Å². The Kier molecular flexibility index (Phi) is 12.7. The van der Waals surface area contributed by atoms with E-state index in [1.54, 1.807) is 7.05 Å². The number of halogens is 6. The molecule has 10 nitrogen and oxygen atoms in total. The van der Waals surface area contributed by atoms with Crippen LogP contribution in [0.4, 0.5) is 26.3 Å². The fourth-order valence-corrected chi connectivity index (χ4v) is 2.14. The van der Waals surface area contributed by atoms with E-state index in [0.29, 0.717) is 12.6 Å². The number of aliphatic hydroxyl groups is 1. The molecule has 0 saturated heterocycles. The second-order valence-electron chi connectivity index (χ2n) is 5.82. The van der Waals surface area contributed by atoms with Crippen LogP contribution in [0.1, 0.15) is 12.5 Å². The van der Waals surface area contributed by atoms with Crippen LogP contribution in [0.3, 0.4) is 0 Å². The minimum absolute atomic E-state index is 0.233. The van der Waals surface area contributed by atoms with Crippen molar-refractivity contribution in [2.75, 3.05) is 20.2 Å². The van der Waals surface area contributed by atoms with Crippen molar-refractivity contribution in [2.45, 2.75) is 31.9 Å². The molecule has 1 aliphatic heterocycles. The molecule has 190 valence electrons. The molecular weight excluding hydrogens is 472 g/mol. The third kappa shape index (κ3) is 10.7. The van der Waals surface area contributed by atoms with E-state index in [1.165, 1.54) is 0 Å². The van der Waals surface area contributed by atoms with E-state index >= 15 is 0 Å². The van der Waals surface area contributed by atoms with Gasteiger partial charge >= 0.3 is 18.5 Å². The SMILES string of the molecule is CC(ON)OC(=O)C1=Cc2cc(OC(F)(F)F)ccc2OC1C(F)(F)F.CNCCO.[NH3+]O. The highest BCUT2D eigenvalue weighted by atomic mass is 19.4. The van der Waals surface area contributed by atoms with Gasteiger partial charge in [-0.1, -0.05) is 0 Å². The number of likely N-dealkylation sites (N-methyl/N-ethyl adjacent to an activating group) is 1. The Hall–Kier alpha value is -2.63. The zero-order valence-corrected chi connectivity index (χ0v) is 17.4. The van der Waals surface area contributed by atoms with Gasteiger partial charge in [-0.05, 0) is 38.2 Å². The number of carbonyl (C=O) groups excluding carboxylic acids is 1. The molecule has 0 saturated carbocycles. The summed E-state index contributed by atoms with van der Waals surface area (Å²) in [6.45, 7) is 2.07. The number of carbonyl (C=O) groups is 1. The van der Waals surface area contributed by atoms with E-state index in [9.17, 15) is 31.1 Å². The average Bonchev–Trinajstić information content (AvgIpc) is 2.73. The fourth-order valence-electron chi connectivity index (χ4n) is 2.14. The Balaban J connectivity index is 0.00000129. The third-order valence-electron chi connectivity index (χ3n) is 3.41. The van der Waals surface area contributed by atoms with Gasteiger partial charge in [-0.15, -0.1) is 13.2 Å². The first kappa shape index (κ1) is 30.4. The molecule has 0 amide bonds. The quantitative estimate of drug-likeness (QED) is 0.167. The number of aliphatic hydroxyl groups excluding tert-OH is 1. The van der Waals surface area contributed by atoms with Gasteiger partial charge < -0.3 is 24.6 Å². The van der Waals surface area contributed by atoms with Crippen LogP contribution in [0, 0.1) is 0 Å². The van der Waals surface area contributed by atoms with Gasteiger partial charge in [0.15, 0.2) is 0 Å². The number of hydrogen-bond donors (Lipinski definition) is 5. The number of benzene rings is 1. The van der Waals surface area contributed by atoms with Crippen LogP contribution in [-0.2, 0) is 14.4 Å². The molecule has 8 N–H and O–H groups in total. The maximum Gasteiger partial charge on any atom is 0.573 e. The predicted molar refractivity (Wildman–Crippen MR) is 98.1 cm³/mol. The molecule has 0 fully saturated rings. The number of nitrogens with one attached hydrogen (secondary N) is 1. The minimum Gasteiger partial charge on any atom is -0.475 e. The number of quaternary nitrogens is 1. The lowest BCUT2D eigenvalue weighted by molar-refractivity contribution is -0.670. The molecule has 1 aromatic carbocycles. The first-order valence-electron chi connectivity index (χ1n) is 8.80. The van der Waals surface area contributed by atoms with E-state index in [0.717, 1.165) is 25.1 Å². The Labute approximate surface area is 183 Å². The monoisotopic (exact) mass is 496 g/mol. The number of rotatable bonds is 6. The van der Waals surface area contributed by atoms with Crippen LogP contribution in [0.2, 0.25) is 0 Å². The van der Waals surface area contributed by atoms with Crippen molar-refractivity contribution in [3.63, 3.8) is 0 Å². The molecule has 33 heavy (non-hydrogen) atoms. The zero-order chi connectivity index (χ0) is 25.8. The summed E-state index contributed by atoms with van der Waals surface area (Å²) in [6.07, 6.45) is -13.3. The first-order valence-corrected chi connectivity index (χ1v) is 8.80. The molecule has 1 aromatic rings. The zero-order valence-electron chi connectivity index (χ0n) is 17.4. The Bertz CT molecular complexity index is 772. The lowest BCUT2D eigenvalue weighted by Crippen LogP contribution is -2.42. The van der Waals surface area contributed by atoms with Crippen LogP contribution < -0.4 is 26.6 Å². The standard InChI is InChI=1S/C14H11F6NO5.C3H9NO.H4NO/c1-6(26-21)23-12(22)9-5-7-4-8(25-14(18,19)20)2-3-10(7)24-11(9)13(15,16)17;1-4-2-3-5;1-2/h2-6,11H,21H2,1H3;4-5H,2-3H2,1H3;2H,1H3/q;;+1. The van der Waals surface area contributed by atoms with Crippen molar-refractivity contribution >= 4 is 12.0 Å². The van der Waals surface area contributed by atoms with E-state index < -0.39 is 42.2 Å². The highest BCUT2D eigenvalue weighted by Gasteiger charge is 2.49. The van der Waals surface area contributed by atoms with Gasteiger partial charge in [0.25, 0.3) is 0 Å². The minimum atomic E-state index is -5.00. The van der Waals surface area contributed by atoms with E-state index in [2.05, 4.69) is 25.5 Å².